The Morgan fingerprint density at radius 3 is 3.13 bits per heavy atom. The van der Waals surface area contributed by atoms with Gasteiger partial charge in [0.2, 0.25) is 0 Å². The van der Waals surface area contributed by atoms with Gasteiger partial charge in [0.1, 0.15) is 0 Å². The zero-order valence-corrected chi connectivity index (χ0v) is 8.33. The van der Waals surface area contributed by atoms with Gasteiger partial charge in [-0.1, -0.05) is 23.4 Å². The fourth-order valence-corrected chi connectivity index (χ4v) is 2.46. The molecular formula is C12H12N2O. The minimum atomic E-state index is 0.949. The Morgan fingerprint density at radius 2 is 2.27 bits per heavy atom. The van der Waals surface area contributed by atoms with Gasteiger partial charge in [-0.15, -0.1) is 0 Å². The minimum Gasteiger partial charge on any atom is -0.411 e. The van der Waals surface area contributed by atoms with Crippen LogP contribution in [0.5, 0.6) is 0 Å². The maximum absolute atomic E-state index is 8.58. The van der Waals surface area contributed by atoms with E-state index in [1.54, 1.807) is 0 Å². The van der Waals surface area contributed by atoms with Gasteiger partial charge in [0, 0.05) is 16.6 Å². The number of hydrogen-bond acceptors (Lipinski definition) is 2. The highest BCUT2D eigenvalue weighted by Crippen LogP contribution is 2.30. The summed E-state index contributed by atoms with van der Waals surface area (Å²) in [7, 11) is 0. The monoisotopic (exact) mass is 200 g/mol. The van der Waals surface area contributed by atoms with Gasteiger partial charge < -0.3 is 10.2 Å². The Bertz CT molecular complexity index is 540. The molecular weight excluding hydrogens is 188 g/mol. The number of H-pyrrole nitrogens is 1. The number of aromatic nitrogens is 1. The first-order chi connectivity index (χ1) is 7.40. The number of rotatable bonds is 1. The number of hydrogen-bond donors (Lipinski definition) is 2. The van der Waals surface area contributed by atoms with Crippen LogP contribution in [0.4, 0.5) is 0 Å². The Kier molecular flexibility index (Phi) is 1.78. The van der Waals surface area contributed by atoms with Gasteiger partial charge in [0.05, 0.1) is 11.7 Å². The fourth-order valence-electron chi connectivity index (χ4n) is 2.46. The van der Waals surface area contributed by atoms with Crippen molar-refractivity contribution in [2.24, 2.45) is 5.16 Å². The summed E-state index contributed by atoms with van der Waals surface area (Å²) in [6, 6.07) is 6.09. The number of aryl methyl sites for hydroxylation is 2. The number of para-hydroxylation sites is 1. The van der Waals surface area contributed by atoms with Crippen LogP contribution in [-0.2, 0) is 12.8 Å². The number of aromatic amines is 1. The summed E-state index contributed by atoms with van der Waals surface area (Å²) in [5.41, 5.74) is 4.84. The van der Waals surface area contributed by atoms with Crippen LogP contribution >= 0.6 is 0 Å². The van der Waals surface area contributed by atoms with E-state index >= 15 is 0 Å². The Balaban J connectivity index is 2.32. The number of fused-ring (bicyclic) bond motifs is 3. The predicted octanol–water partition coefficient (Wildman–Crippen LogP) is 2.46. The third-order valence-corrected chi connectivity index (χ3v) is 3.11. The highest BCUT2D eigenvalue weighted by molar-refractivity contribution is 5.99. The van der Waals surface area contributed by atoms with E-state index < -0.39 is 0 Å². The second-order valence-electron chi connectivity index (χ2n) is 3.95. The lowest BCUT2D eigenvalue weighted by molar-refractivity contribution is 0.322. The molecule has 0 atom stereocenters. The summed E-state index contributed by atoms with van der Waals surface area (Å²) >= 11 is 0. The molecule has 0 radical (unpaired) electrons. The third-order valence-electron chi connectivity index (χ3n) is 3.11. The number of nitrogens with one attached hydrogen (secondary N) is 1. The van der Waals surface area contributed by atoms with Crippen LogP contribution in [0.3, 0.4) is 0 Å². The molecule has 76 valence electrons. The summed E-state index contributed by atoms with van der Waals surface area (Å²) < 4.78 is 0. The Labute approximate surface area is 87.4 Å². The van der Waals surface area contributed by atoms with Crippen molar-refractivity contribution in [2.75, 3.05) is 0 Å². The lowest BCUT2D eigenvalue weighted by Crippen LogP contribution is -1.85. The highest BCUT2D eigenvalue weighted by Gasteiger charge is 2.17. The van der Waals surface area contributed by atoms with Crippen LogP contribution in [0.15, 0.2) is 23.4 Å². The van der Waals surface area contributed by atoms with Crippen molar-refractivity contribution in [1.82, 2.24) is 4.98 Å². The molecule has 3 nitrogen and oxygen atoms in total. The first-order valence-corrected chi connectivity index (χ1v) is 5.20. The minimum absolute atomic E-state index is 0.949. The second-order valence-corrected chi connectivity index (χ2v) is 3.95. The Morgan fingerprint density at radius 1 is 1.33 bits per heavy atom. The molecule has 0 saturated heterocycles. The summed E-state index contributed by atoms with van der Waals surface area (Å²) in [4.78, 5) is 3.43. The van der Waals surface area contributed by atoms with Crippen LogP contribution in [-0.4, -0.2) is 16.4 Å². The number of benzene rings is 1. The number of oxime groups is 1. The molecule has 0 saturated carbocycles. The fraction of sp³-hybridized carbons (Fsp3) is 0.250. The third kappa shape index (κ3) is 1.16. The average Bonchev–Trinajstić information content (AvgIpc) is 2.79. The first-order valence-electron chi connectivity index (χ1n) is 5.20. The lowest BCUT2D eigenvalue weighted by atomic mass is 10.1. The molecule has 0 bridgehead atoms. The van der Waals surface area contributed by atoms with Crippen molar-refractivity contribution < 1.29 is 5.21 Å². The van der Waals surface area contributed by atoms with Crippen LogP contribution < -0.4 is 0 Å². The van der Waals surface area contributed by atoms with E-state index in [9.17, 15) is 0 Å². The second kappa shape index (κ2) is 3.12. The van der Waals surface area contributed by atoms with Crippen molar-refractivity contribution >= 4 is 17.1 Å². The molecule has 3 heteroatoms. The van der Waals surface area contributed by atoms with Crippen molar-refractivity contribution in [1.29, 1.82) is 0 Å². The topological polar surface area (TPSA) is 48.4 Å². The van der Waals surface area contributed by atoms with E-state index in [-0.39, 0.29) is 0 Å². The smallest absolute Gasteiger partial charge is 0.0754 e. The van der Waals surface area contributed by atoms with Crippen LogP contribution in [0.2, 0.25) is 0 Å². The van der Waals surface area contributed by atoms with Crippen molar-refractivity contribution in [3.63, 3.8) is 0 Å². The van der Waals surface area contributed by atoms with Crippen molar-refractivity contribution in [2.45, 2.75) is 19.3 Å². The summed E-state index contributed by atoms with van der Waals surface area (Å²) in [6.07, 6.45) is 5.03. The van der Waals surface area contributed by atoms with Crippen molar-refractivity contribution in [3.8, 4) is 0 Å². The molecule has 3 rings (SSSR count). The van der Waals surface area contributed by atoms with Gasteiger partial charge in [0.25, 0.3) is 0 Å². The van der Waals surface area contributed by atoms with Gasteiger partial charge in [0.15, 0.2) is 0 Å². The summed E-state index contributed by atoms with van der Waals surface area (Å²) in [5.74, 6) is 0. The summed E-state index contributed by atoms with van der Waals surface area (Å²) in [5, 5.41) is 13.0. The standard InChI is InChI=1S/C12H12N2O/c15-13-7-8-3-1-5-10-9-4-2-6-11(9)14-12(8)10/h1,3,5,7,14-15H,2,4,6H2. The quantitative estimate of drug-likeness (QED) is 0.414. The zero-order chi connectivity index (χ0) is 10.3. The molecule has 1 aliphatic rings. The molecule has 1 aromatic heterocycles. The van der Waals surface area contributed by atoms with E-state index in [4.69, 9.17) is 5.21 Å². The number of nitrogens with zero attached hydrogens (tertiary/aromatic N) is 1. The molecule has 1 heterocycles. The van der Waals surface area contributed by atoms with E-state index in [0.29, 0.717) is 0 Å². The maximum atomic E-state index is 8.58. The van der Waals surface area contributed by atoms with Gasteiger partial charge in [-0.25, -0.2) is 0 Å². The molecule has 1 aromatic carbocycles. The SMILES string of the molecule is ON=Cc1cccc2c3c([nH]c12)CCC3. The van der Waals surface area contributed by atoms with Gasteiger partial charge in [-0.3, -0.25) is 0 Å². The largest absolute Gasteiger partial charge is 0.411 e. The van der Waals surface area contributed by atoms with Gasteiger partial charge in [-0.05, 0) is 24.8 Å². The van der Waals surface area contributed by atoms with Gasteiger partial charge >= 0.3 is 0 Å². The van der Waals surface area contributed by atoms with Crippen LogP contribution in [0.1, 0.15) is 23.2 Å². The normalized spacial score (nSPS) is 15.2. The first kappa shape index (κ1) is 8.53. The van der Waals surface area contributed by atoms with Gasteiger partial charge in [-0.2, -0.15) is 0 Å². The van der Waals surface area contributed by atoms with Crippen molar-refractivity contribution in [3.05, 3.63) is 35.0 Å². The molecule has 2 N–H and O–H groups in total. The van der Waals surface area contributed by atoms with Crippen LogP contribution in [0.25, 0.3) is 10.9 Å². The molecule has 0 aliphatic heterocycles. The molecule has 15 heavy (non-hydrogen) atoms. The molecule has 0 fully saturated rings. The molecule has 2 aromatic rings. The summed E-state index contributed by atoms with van der Waals surface area (Å²) in [6.45, 7) is 0. The average molecular weight is 200 g/mol. The molecule has 0 amide bonds. The predicted molar refractivity (Wildman–Crippen MR) is 59.7 cm³/mol. The molecule has 0 spiro atoms. The van der Waals surface area contributed by atoms with E-state index in [1.165, 1.54) is 29.3 Å². The Hall–Kier alpha value is -1.77. The maximum Gasteiger partial charge on any atom is 0.0754 e. The molecule has 1 aliphatic carbocycles. The van der Waals surface area contributed by atoms with E-state index in [2.05, 4.69) is 16.2 Å². The highest BCUT2D eigenvalue weighted by atomic mass is 16.4. The lowest BCUT2D eigenvalue weighted by Gasteiger charge is -1.97. The van der Waals surface area contributed by atoms with E-state index in [1.807, 2.05) is 12.1 Å². The van der Waals surface area contributed by atoms with E-state index in [0.717, 1.165) is 23.9 Å². The zero-order valence-electron chi connectivity index (χ0n) is 8.33. The molecule has 0 unspecified atom stereocenters. The van der Waals surface area contributed by atoms with Crippen LogP contribution in [0, 0.1) is 0 Å².